The summed E-state index contributed by atoms with van der Waals surface area (Å²) in [5.74, 6) is 0.790. The van der Waals surface area contributed by atoms with Crippen LogP contribution in [0.15, 0.2) is 24.3 Å². The standard InChI is InChI=1S/C18H22F3NO/c19-18(20,21)16-6-2-1-5-14(16)8-7-13-4-3-11-22(12-13)17(23)15-9-10-15/h1-2,5-6,13,15H,3-4,7-12H2/t13-/m0/s1. The maximum Gasteiger partial charge on any atom is 0.416 e. The molecule has 1 atom stereocenters. The van der Waals surface area contributed by atoms with Crippen molar-refractivity contribution in [3.63, 3.8) is 0 Å². The van der Waals surface area contributed by atoms with Crippen LogP contribution in [-0.2, 0) is 17.4 Å². The smallest absolute Gasteiger partial charge is 0.342 e. The molecule has 0 spiro atoms. The number of hydrogen-bond acceptors (Lipinski definition) is 1. The van der Waals surface area contributed by atoms with Gasteiger partial charge in [-0.05, 0) is 56.1 Å². The summed E-state index contributed by atoms with van der Waals surface area (Å²) >= 11 is 0. The Labute approximate surface area is 134 Å². The van der Waals surface area contributed by atoms with E-state index in [0.717, 1.165) is 38.3 Å². The molecule has 1 saturated heterocycles. The lowest BCUT2D eigenvalue weighted by molar-refractivity contribution is -0.138. The summed E-state index contributed by atoms with van der Waals surface area (Å²) < 4.78 is 39.1. The lowest BCUT2D eigenvalue weighted by atomic mass is 9.90. The van der Waals surface area contributed by atoms with Gasteiger partial charge < -0.3 is 4.90 Å². The highest BCUT2D eigenvalue weighted by Crippen LogP contribution is 2.35. The number of rotatable bonds is 4. The number of aryl methyl sites for hydroxylation is 1. The van der Waals surface area contributed by atoms with Crippen LogP contribution in [0.4, 0.5) is 13.2 Å². The third kappa shape index (κ3) is 4.06. The Hall–Kier alpha value is -1.52. The van der Waals surface area contributed by atoms with Crippen LogP contribution in [0.3, 0.4) is 0 Å². The number of benzene rings is 1. The van der Waals surface area contributed by atoms with Gasteiger partial charge in [0, 0.05) is 19.0 Å². The molecule has 2 fully saturated rings. The number of amides is 1. The monoisotopic (exact) mass is 325 g/mol. The van der Waals surface area contributed by atoms with E-state index in [1.807, 2.05) is 4.90 Å². The van der Waals surface area contributed by atoms with Gasteiger partial charge in [0.15, 0.2) is 0 Å². The highest BCUT2D eigenvalue weighted by atomic mass is 19.4. The number of hydrogen-bond donors (Lipinski definition) is 0. The van der Waals surface area contributed by atoms with Gasteiger partial charge >= 0.3 is 6.18 Å². The molecule has 1 aliphatic carbocycles. The van der Waals surface area contributed by atoms with Crippen molar-refractivity contribution in [1.82, 2.24) is 4.90 Å². The van der Waals surface area contributed by atoms with Crippen LogP contribution in [0.5, 0.6) is 0 Å². The zero-order valence-corrected chi connectivity index (χ0v) is 13.1. The molecule has 126 valence electrons. The molecule has 0 bridgehead atoms. The third-order valence-electron chi connectivity index (χ3n) is 4.90. The van der Waals surface area contributed by atoms with Gasteiger partial charge in [-0.1, -0.05) is 18.2 Å². The van der Waals surface area contributed by atoms with E-state index in [-0.39, 0.29) is 11.8 Å². The van der Waals surface area contributed by atoms with Crippen LogP contribution in [0.1, 0.15) is 43.2 Å². The van der Waals surface area contributed by atoms with Crippen molar-refractivity contribution in [2.45, 2.75) is 44.7 Å². The second kappa shape index (κ2) is 6.54. The molecule has 2 nitrogen and oxygen atoms in total. The van der Waals surface area contributed by atoms with E-state index in [1.165, 1.54) is 6.07 Å². The van der Waals surface area contributed by atoms with Crippen LogP contribution in [-0.4, -0.2) is 23.9 Å². The molecule has 3 rings (SSSR count). The Bertz CT molecular complexity index is 566. The van der Waals surface area contributed by atoms with Gasteiger partial charge in [0.05, 0.1) is 5.56 Å². The van der Waals surface area contributed by atoms with Gasteiger partial charge in [0.25, 0.3) is 0 Å². The van der Waals surface area contributed by atoms with Crippen molar-refractivity contribution in [2.24, 2.45) is 11.8 Å². The van der Waals surface area contributed by atoms with Crippen LogP contribution >= 0.6 is 0 Å². The first-order chi connectivity index (χ1) is 10.9. The number of alkyl halides is 3. The number of carbonyl (C=O) groups excluding carboxylic acids is 1. The largest absolute Gasteiger partial charge is 0.416 e. The highest BCUT2D eigenvalue weighted by Gasteiger charge is 2.36. The lowest BCUT2D eigenvalue weighted by Gasteiger charge is -2.33. The molecule has 23 heavy (non-hydrogen) atoms. The minimum Gasteiger partial charge on any atom is -0.342 e. The molecule has 1 saturated carbocycles. The fourth-order valence-electron chi connectivity index (χ4n) is 3.46. The van der Waals surface area contributed by atoms with E-state index >= 15 is 0 Å². The summed E-state index contributed by atoms with van der Waals surface area (Å²) in [6.07, 6.45) is 0.801. The molecular weight excluding hydrogens is 303 g/mol. The van der Waals surface area contributed by atoms with Crippen molar-refractivity contribution in [1.29, 1.82) is 0 Å². The zero-order valence-electron chi connectivity index (χ0n) is 13.1. The maximum absolute atomic E-state index is 13.0. The van der Waals surface area contributed by atoms with E-state index in [0.29, 0.717) is 30.9 Å². The van der Waals surface area contributed by atoms with Gasteiger partial charge in [-0.2, -0.15) is 13.2 Å². The van der Waals surface area contributed by atoms with Crippen LogP contribution in [0.25, 0.3) is 0 Å². The highest BCUT2D eigenvalue weighted by molar-refractivity contribution is 5.81. The Morgan fingerprint density at radius 2 is 1.91 bits per heavy atom. The Morgan fingerprint density at radius 3 is 2.61 bits per heavy atom. The molecule has 1 heterocycles. The summed E-state index contributed by atoms with van der Waals surface area (Å²) in [5.41, 5.74) is -0.160. The Kier molecular flexibility index (Phi) is 4.64. The van der Waals surface area contributed by atoms with Crippen molar-refractivity contribution in [3.05, 3.63) is 35.4 Å². The summed E-state index contributed by atoms with van der Waals surface area (Å²) in [4.78, 5) is 14.1. The van der Waals surface area contributed by atoms with Crippen molar-refractivity contribution in [2.75, 3.05) is 13.1 Å². The SMILES string of the molecule is O=C(C1CC1)N1CCC[C@@H](CCc2ccccc2C(F)(F)F)C1. The normalized spacial score (nSPS) is 22.2. The first kappa shape index (κ1) is 16.3. The Morgan fingerprint density at radius 1 is 1.17 bits per heavy atom. The molecule has 1 amide bonds. The van der Waals surface area contributed by atoms with Gasteiger partial charge in [-0.15, -0.1) is 0 Å². The molecule has 0 N–H and O–H groups in total. The average Bonchev–Trinajstić information content (AvgIpc) is 3.37. The van der Waals surface area contributed by atoms with E-state index in [4.69, 9.17) is 0 Å². The van der Waals surface area contributed by atoms with E-state index in [2.05, 4.69) is 0 Å². The predicted molar refractivity (Wildman–Crippen MR) is 81.8 cm³/mol. The summed E-state index contributed by atoms with van der Waals surface area (Å²) in [6, 6.07) is 5.81. The molecule has 1 aromatic rings. The molecule has 1 aliphatic heterocycles. The van der Waals surface area contributed by atoms with Gasteiger partial charge in [-0.3, -0.25) is 4.79 Å². The molecule has 2 aliphatic rings. The maximum atomic E-state index is 13.0. The summed E-state index contributed by atoms with van der Waals surface area (Å²) in [5, 5.41) is 0. The molecule has 0 aromatic heterocycles. The summed E-state index contributed by atoms with van der Waals surface area (Å²) in [7, 11) is 0. The van der Waals surface area contributed by atoms with Crippen molar-refractivity contribution < 1.29 is 18.0 Å². The van der Waals surface area contributed by atoms with Crippen molar-refractivity contribution in [3.8, 4) is 0 Å². The van der Waals surface area contributed by atoms with Gasteiger partial charge in [0.2, 0.25) is 5.91 Å². The first-order valence-electron chi connectivity index (χ1n) is 8.39. The average molecular weight is 325 g/mol. The molecule has 5 heteroatoms. The van der Waals surface area contributed by atoms with Gasteiger partial charge in [-0.25, -0.2) is 0 Å². The first-order valence-corrected chi connectivity index (χ1v) is 8.39. The predicted octanol–water partition coefficient (Wildman–Crippen LogP) is 4.29. The van der Waals surface area contributed by atoms with Crippen LogP contribution < -0.4 is 0 Å². The second-order valence-electron chi connectivity index (χ2n) is 6.76. The number of carbonyl (C=O) groups is 1. The number of piperidine rings is 1. The quantitative estimate of drug-likeness (QED) is 0.809. The summed E-state index contributed by atoms with van der Waals surface area (Å²) in [6.45, 7) is 1.52. The minimum atomic E-state index is -4.29. The Balaban J connectivity index is 1.59. The molecule has 0 radical (unpaired) electrons. The number of likely N-dealkylation sites (tertiary alicyclic amines) is 1. The molecule has 1 aromatic carbocycles. The van der Waals surface area contributed by atoms with E-state index < -0.39 is 11.7 Å². The fourth-order valence-corrected chi connectivity index (χ4v) is 3.46. The minimum absolute atomic E-state index is 0.222. The lowest BCUT2D eigenvalue weighted by Crippen LogP contribution is -2.40. The van der Waals surface area contributed by atoms with Crippen molar-refractivity contribution >= 4 is 5.91 Å². The van der Waals surface area contributed by atoms with E-state index in [9.17, 15) is 18.0 Å². The number of nitrogens with zero attached hydrogens (tertiary/aromatic N) is 1. The third-order valence-corrected chi connectivity index (χ3v) is 4.90. The topological polar surface area (TPSA) is 20.3 Å². The zero-order chi connectivity index (χ0) is 16.4. The number of halogens is 3. The van der Waals surface area contributed by atoms with E-state index in [1.54, 1.807) is 12.1 Å². The van der Waals surface area contributed by atoms with Crippen LogP contribution in [0, 0.1) is 11.8 Å². The molecular formula is C18H22F3NO. The van der Waals surface area contributed by atoms with Crippen LogP contribution in [0.2, 0.25) is 0 Å². The van der Waals surface area contributed by atoms with Gasteiger partial charge in [0.1, 0.15) is 0 Å². The molecule has 0 unspecified atom stereocenters. The second-order valence-corrected chi connectivity index (χ2v) is 6.76. The fraction of sp³-hybridized carbons (Fsp3) is 0.611.